The average Bonchev–Trinajstić information content (AvgIpc) is 3.49. The molecule has 2 saturated carbocycles. The molecule has 0 spiro atoms. The predicted octanol–water partition coefficient (Wildman–Crippen LogP) is -0.151. The molecule has 0 aromatic carbocycles. The van der Waals surface area contributed by atoms with Gasteiger partial charge in [0.15, 0.2) is 0 Å². The molecule has 8 heteroatoms. The number of hydrogen-bond acceptors (Lipinski definition) is 4. The van der Waals surface area contributed by atoms with Crippen LogP contribution in [0.5, 0.6) is 0 Å². The van der Waals surface area contributed by atoms with E-state index in [0.29, 0.717) is 11.8 Å². The first-order chi connectivity index (χ1) is 12.5. The van der Waals surface area contributed by atoms with Crippen molar-refractivity contribution in [1.82, 2.24) is 19.0 Å². The van der Waals surface area contributed by atoms with Crippen molar-refractivity contribution >= 4 is 5.91 Å². The van der Waals surface area contributed by atoms with Crippen molar-refractivity contribution in [3.8, 4) is 0 Å². The summed E-state index contributed by atoms with van der Waals surface area (Å²) in [5, 5.41) is 2.99. The Hall–Kier alpha value is -2.64. The van der Waals surface area contributed by atoms with Crippen molar-refractivity contribution in [2.75, 3.05) is 0 Å². The molecule has 140 valence electrons. The molecule has 0 bridgehead atoms. The zero-order valence-electron chi connectivity index (χ0n) is 14.7. The van der Waals surface area contributed by atoms with Crippen LogP contribution in [-0.2, 0) is 24.4 Å². The zero-order valence-corrected chi connectivity index (χ0v) is 14.7. The van der Waals surface area contributed by atoms with Crippen LogP contribution in [0.2, 0.25) is 0 Å². The minimum atomic E-state index is -0.801. The smallest absolute Gasteiger partial charge is 0.337 e. The molecule has 1 aromatic rings. The Bertz CT molecular complexity index is 839. The summed E-state index contributed by atoms with van der Waals surface area (Å²) in [7, 11) is 0. The Morgan fingerprint density at radius 3 is 1.73 bits per heavy atom. The van der Waals surface area contributed by atoms with E-state index in [0.717, 1.165) is 39.4 Å². The van der Waals surface area contributed by atoms with Crippen LogP contribution in [0.4, 0.5) is 0 Å². The molecule has 8 nitrogen and oxygen atoms in total. The summed E-state index contributed by atoms with van der Waals surface area (Å²) in [6.07, 6.45) is 7.23. The highest BCUT2D eigenvalue weighted by atomic mass is 16.2. The lowest BCUT2D eigenvalue weighted by Gasteiger charge is -2.18. The van der Waals surface area contributed by atoms with Crippen LogP contribution in [-0.4, -0.2) is 25.7 Å². The molecule has 0 saturated heterocycles. The van der Waals surface area contributed by atoms with Gasteiger partial charge in [-0.05, 0) is 37.5 Å². The van der Waals surface area contributed by atoms with Gasteiger partial charge in [-0.1, -0.05) is 12.2 Å². The van der Waals surface area contributed by atoms with Crippen LogP contribution in [0.1, 0.15) is 25.7 Å². The number of nitrogens with zero attached hydrogens (tertiary/aromatic N) is 3. The molecule has 1 aromatic heterocycles. The zero-order chi connectivity index (χ0) is 18.8. The molecule has 0 radical (unpaired) electrons. The van der Waals surface area contributed by atoms with Gasteiger partial charge in [-0.3, -0.25) is 4.79 Å². The molecule has 26 heavy (non-hydrogen) atoms. The van der Waals surface area contributed by atoms with E-state index in [1.807, 2.05) is 0 Å². The minimum absolute atomic E-state index is 0.0382. The van der Waals surface area contributed by atoms with Crippen molar-refractivity contribution < 1.29 is 4.79 Å². The maximum atomic E-state index is 12.5. The van der Waals surface area contributed by atoms with Crippen LogP contribution in [0.15, 0.2) is 39.7 Å². The number of aromatic nitrogens is 3. The molecule has 1 N–H and O–H groups in total. The number of nitrogens with one attached hydrogen (secondary N) is 1. The number of carbonyl (C=O) groups excluding carboxylic acids is 1. The fourth-order valence-corrected chi connectivity index (χ4v) is 3.29. The summed E-state index contributed by atoms with van der Waals surface area (Å²) in [4.78, 5) is 49.8. The molecule has 1 amide bonds. The molecule has 0 atom stereocenters. The first kappa shape index (κ1) is 18.2. The summed E-state index contributed by atoms with van der Waals surface area (Å²) in [5.74, 6) is 0.646. The Labute approximate surface area is 150 Å². The summed E-state index contributed by atoms with van der Waals surface area (Å²) >= 11 is 0. The summed E-state index contributed by atoms with van der Waals surface area (Å²) in [6, 6.07) is 0.132. The molecular weight excluding hydrogens is 336 g/mol. The average molecular weight is 360 g/mol. The van der Waals surface area contributed by atoms with E-state index in [1.54, 1.807) is 0 Å². The van der Waals surface area contributed by atoms with Gasteiger partial charge >= 0.3 is 17.1 Å². The van der Waals surface area contributed by atoms with Crippen LogP contribution in [0.25, 0.3) is 0 Å². The van der Waals surface area contributed by atoms with Gasteiger partial charge in [0.1, 0.15) is 6.54 Å². The number of amides is 1. The van der Waals surface area contributed by atoms with E-state index in [-0.39, 0.29) is 25.0 Å². The second kappa shape index (κ2) is 7.31. The summed E-state index contributed by atoms with van der Waals surface area (Å²) < 4.78 is 2.59. The monoisotopic (exact) mass is 360 g/mol. The van der Waals surface area contributed by atoms with Gasteiger partial charge < -0.3 is 5.32 Å². The largest absolute Gasteiger partial charge is 0.351 e. The van der Waals surface area contributed by atoms with Gasteiger partial charge in [0.25, 0.3) is 0 Å². The van der Waals surface area contributed by atoms with E-state index in [4.69, 9.17) is 0 Å². The van der Waals surface area contributed by atoms with Crippen molar-refractivity contribution in [1.29, 1.82) is 0 Å². The number of hydrogen-bond donors (Lipinski definition) is 1. The van der Waals surface area contributed by atoms with Gasteiger partial charge in [-0.25, -0.2) is 28.1 Å². The fraction of sp³-hybridized carbons (Fsp3) is 0.556. The second-order valence-electron chi connectivity index (χ2n) is 7.00. The molecule has 0 aliphatic heterocycles. The number of allylic oxidation sites excluding steroid dienone is 2. The Morgan fingerprint density at radius 1 is 0.923 bits per heavy atom. The number of rotatable bonds is 9. The van der Waals surface area contributed by atoms with E-state index >= 15 is 0 Å². The fourth-order valence-electron chi connectivity index (χ4n) is 3.29. The van der Waals surface area contributed by atoms with E-state index in [2.05, 4.69) is 18.5 Å². The van der Waals surface area contributed by atoms with Gasteiger partial charge in [-0.15, -0.1) is 13.2 Å². The molecule has 2 aliphatic rings. The lowest BCUT2D eigenvalue weighted by Crippen LogP contribution is -2.56. The van der Waals surface area contributed by atoms with Crippen LogP contribution in [0.3, 0.4) is 0 Å². The van der Waals surface area contributed by atoms with Crippen LogP contribution >= 0.6 is 0 Å². The summed E-state index contributed by atoms with van der Waals surface area (Å²) in [6.45, 7) is 6.57. The highest BCUT2D eigenvalue weighted by Crippen LogP contribution is 2.44. The van der Waals surface area contributed by atoms with Gasteiger partial charge in [0.2, 0.25) is 5.91 Å². The maximum Gasteiger partial charge on any atom is 0.337 e. The summed E-state index contributed by atoms with van der Waals surface area (Å²) in [5.41, 5.74) is -2.33. The van der Waals surface area contributed by atoms with Crippen LogP contribution in [0, 0.1) is 11.8 Å². The van der Waals surface area contributed by atoms with Gasteiger partial charge in [0, 0.05) is 6.04 Å². The first-order valence-electron chi connectivity index (χ1n) is 8.93. The van der Waals surface area contributed by atoms with Crippen molar-refractivity contribution in [3.63, 3.8) is 0 Å². The third kappa shape index (κ3) is 3.63. The molecule has 2 fully saturated rings. The van der Waals surface area contributed by atoms with Crippen molar-refractivity contribution in [2.45, 2.75) is 51.4 Å². The lowest BCUT2D eigenvalue weighted by molar-refractivity contribution is -0.122. The van der Waals surface area contributed by atoms with Gasteiger partial charge in [0.05, 0.1) is 13.1 Å². The van der Waals surface area contributed by atoms with Gasteiger partial charge in [-0.2, -0.15) is 0 Å². The first-order valence-corrected chi connectivity index (χ1v) is 8.93. The Kier molecular flexibility index (Phi) is 5.11. The minimum Gasteiger partial charge on any atom is -0.351 e. The SMILES string of the molecule is C=CCn1c(=O)n(CC=C)c(=O)n(CC(=O)NC(C2CC2)C2CC2)c1=O. The highest BCUT2D eigenvalue weighted by Gasteiger charge is 2.42. The topological polar surface area (TPSA) is 95.1 Å². The molecule has 3 rings (SSSR count). The number of carbonyl (C=O) groups is 1. The Morgan fingerprint density at radius 2 is 1.35 bits per heavy atom. The highest BCUT2D eigenvalue weighted by molar-refractivity contribution is 5.76. The lowest BCUT2D eigenvalue weighted by atomic mass is 10.1. The van der Waals surface area contributed by atoms with E-state index in [9.17, 15) is 19.2 Å². The van der Waals surface area contributed by atoms with E-state index < -0.39 is 23.6 Å². The van der Waals surface area contributed by atoms with Crippen LogP contribution < -0.4 is 22.4 Å². The third-order valence-corrected chi connectivity index (χ3v) is 4.90. The second-order valence-corrected chi connectivity index (χ2v) is 7.00. The quantitative estimate of drug-likeness (QED) is 0.620. The molecule has 0 unspecified atom stereocenters. The van der Waals surface area contributed by atoms with Crippen molar-refractivity contribution in [2.24, 2.45) is 11.8 Å². The Balaban J connectivity index is 1.90. The standard InChI is InChI=1S/C18H24N4O4/c1-3-9-20-16(24)21(10-4-2)18(26)22(17(20)25)11-14(23)19-15(12-5-6-12)13-7-8-13/h3-4,12-13,15H,1-2,5-11H2,(H,19,23). The molecule has 2 aliphatic carbocycles. The molecule has 1 heterocycles. The predicted molar refractivity (Wildman–Crippen MR) is 97.0 cm³/mol. The third-order valence-electron chi connectivity index (χ3n) is 4.90. The normalized spacial score (nSPS) is 16.5. The van der Waals surface area contributed by atoms with E-state index in [1.165, 1.54) is 12.2 Å². The molecular formula is C18H24N4O4. The maximum absolute atomic E-state index is 12.5. The van der Waals surface area contributed by atoms with Crippen molar-refractivity contribution in [3.05, 3.63) is 56.8 Å².